The van der Waals surface area contributed by atoms with Crippen LogP contribution >= 0.6 is 12.2 Å². The molecule has 0 radical (unpaired) electrons. The van der Waals surface area contributed by atoms with Crippen LogP contribution in [-0.4, -0.2) is 23.0 Å². The molecule has 0 spiro atoms. The molecule has 0 amide bonds. The highest BCUT2D eigenvalue weighted by atomic mass is 32.1. The minimum absolute atomic E-state index is 0.253. The minimum atomic E-state index is 0.253. The summed E-state index contributed by atoms with van der Waals surface area (Å²) in [4.78, 5) is 3.31. The van der Waals surface area contributed by atoms with Crippen molar-refractivity contribution >= 4 is 17.2 Å². The molecule has 58 valence electrons. The molecule has 0 bridgehead atoms. The third-order valence-corrected chi connectivity index (χ3v) is 3.21. The lowest BCUT2D eigenvalue weighted by Crippen LogP contribution is -2.28. The Bertz CT molecular complexity index is 163. The average molecular weight is 157 g/mol. The number of rotatable bonds is 0. The molecule has 1 saturated heterocycles. The van der Waals surface area contributed by atoms with Gasteiger partial charge < -0.3 is 4.90 Å². The molecule has 0 aromatic heterocycles. The first-order valence-corrected chi connectivity index (χ1v) is 4.13. The van der Waals surface area contributed by atoms with Gasteiger partial charge in [0.15, 0.2) is 0 Å². The van der Waals surface area contributed by atoms with Crippen molar-refractivity contribution in [1.29, 1.82) is 0 Å². The van der Waals surface area contributed by atoms with Crippen molar-refractivity contribution < 1.29 is 0 Å². The van der Waals surface area contributed by atoms with E-state index in [1.54, 1.807) is 0 Å². The van der Waals surface area contributed by atoms with Crippen LogP contribution in [0.2, 0.25) is 0 Å². The molecule has 0 aromatic carbocycles. The second-order valence-corrected chi connectivity index (χ2v) is 4.24. The van der Waals surface area contributed by atoms with Crippen LogP contribution in [0.1, 0.15) is 27.2 Å². The van der Waals surface area contributed by atoms with Gasteiger partial charge in [0, 0.05) is 18.5 Å². The van der Waals surface area contributed by atoms with Gasteiger partial charge in [0.2, 0.25) is 0 Å². The molecule has 0 aliphatic carbocycles. The van der Waals surface area contributed by atoms with Crippen molar-refractivity contribution in [3.63, 3.8) is 0 Å². The Labute approximate surface area is 68.4 Å². The Hall–Kier alpha value is -0.110. The third-order valence-electron chi connectivity index (χ3n) is 2.37. The average Bonchev–Trinajstić information content (AvgIpc) is 1.95. The van der Waals surface area contributed by atoms with Gasteiger partial charge in [-0.1, -0.05) is 26.1 Å². The molecule has 1 aliphatic rings. The lowest BCUT2D eigenvalue weighted by molar-refractivity contribution is 0.401. The fourth-order valence-corrected chi connectivity index (χ4v) is 1.90. The maximum Gasteiger partial charge on any atom is 0.0837 e. The van der Waals surface area contributed by atoms with Crippen LogP contribution in [0, 0.1) is 5.41 Å². The second kappa shape index (κ2) is 2.19. The van der Waals surface area contributed by atoms with Gasteiger partial charge in [-0.05, 0) is 13.3 Å². The van der Waals surface area contributed by atoms with Crippen LogP contribution in [0.25, 0.3) is 0 Å². The van der Waals surface area contributed by atoms with E-state index in [0.717, 1.165) is 4.99 Å². The van der Waals surface area contributed by atoms with E-state index >= 15 is 0 Å². The van der Waals surface area contributed by atoms with Crippen molar-refractivity contribution in [3.8, 4) is 0 Å². The Morgan fingerprint density at radius 1 is 1.60 bits per heavy atom. The highest BCUT2D eigenvalue weighted by Gasteiger charge is 2.37. The number of nitrogens with zero attached hydrogens (tertiary/aromatic N) is 1. The first kappa shape index (κ1) is 7.99. The summed E-state index contributed by atoms with van der Waals surface area (Å²) in [7, 11) is 2.09. The molecule has 1 atom stereocenters. The Morgan fingerprint density at radius 2 is 2.10 bits per heavy atom. The van der Waals surface area contributed by atoms with E-state index in [0.29, 0.717) is 6.04 Å². The van der Waals surface area contributed by atoms with Gasteiger partial charge in [0.05, 0.1) is 4.99 Å². The summed E-state index contributed by atoms with van der Waals surface area (Å²) < 4.78 is 0. The number of hydrogen-bond acceptors (Lipinski definition) is 1. The Morgan fingerprint density at radius 3 is 2.20 bits per heavy atom. The van der Waals surface area contributed by atoms with Crippen molar-refractivity contribution in [2.24, 2.45) is 5.41 Å². The number of hydrogen-bond donors (Lipinski definition) is 0. The van der Waals surface area contributed by atoms with Crippen LogP contribution in [0.15, 0.2) is 0 Å². The second-order valence-electron chi connectivity index (χ2n) is 3.85. The molecule has 1 aliphatic heterocycles. The van der Waals surface area contributed by atoms with Crippen molar-refractivity contribution in [3.05, 3.63) is 0 Å². The highest BCUT2D eigenvalue weighted by Crippen LogP contribution is 2.34. The van der Waals surface area contributed by atoms with Gasteiger partial charge >= 0.3 is 0 Å². The third kappa shape index (κ3) is 1.05. The van der Waals surface area contributed by atoms with Crippen LogP contribution < -0.4 is 0 Å². The van der Waals surface area contributed by atoms with Crippen LogP contribution in [0.4, 0.5) is 0 Å². The quantitative estimate of drug-likeness (QED) is 0.495. The van der Waals surface area contributed by atoms with Crippen LogP contribution in [0.5, 0.6) is 0 Å². The van der Waals surface area contributed by atoms with Gasteiger partial charge in [-0.2, -0.15) is 0 Å². The molecule has 0 saturated carbocycles. The van der Waals surface area contributed by atoms with Gasteiger partial charge in [0.1, 0.15) is 0 Å². The smallest absolute Gasteiger partial charge is 0.0837 e. The molecule has 1 fully saturated rings. The first-order chi connectivity index (χ1) is 4.45. The molecule has 1 nitrogen and oxygen atoms in total. The first-order valence-electron chi connectivity index (χ1n) is 3.72. The van der Waals surface area contributed by atoms with Gasteiger partial charge in [-0.15, -0.1) is 0 Å². The van der Waals surface area contributed by atoms with E-state index in [4.69, 9.17) is 12.2 Å². The van der Waals surface area contributed by atoms with E-state index in [1.165, 1.54) is 6.42 Å². The van der Waals surface area contributed by atoms with Gasteiger partial charge in [-0.25, -0.2) is 0 Å². The predicted octanol–water partition coefficient (Wildman–Crippen LogP) is 2.06. The summed E-state index contributed by atoms with van der Waals surface area (Å²) in [6.45, 7) is 6.66. The summed E-state index contributed by atoms with van der Waals surface area (Å²) >= 11 is 5.28. The summed E-state index contributed by atoms with van der Waals surface area (Å²) in [6, 6.07) is 0.627. The maximum absolute atomic E-state index is 5.28. The predicted molar refractivity (Wildman–Crippen MR) is 48.2 cm³/mol. The summed E-state index contributed by atoms with van der Waals surface area (Å²) in [5.74, 6) is 0. The Kier molecular flexibility index (Phi) is 1.75. The lowest BCUT2D eigenvalue weighted by Gasteiger charge is -2.19. The van der Waals surface area contributed by atoms with Crippen LogP contribution in [-0.2, 0) is 0 Å². The molecule has 2 heteroatoms. The minimum Gasteiger partial charge on any atom is -0.366 e. The topological polar surface area (TPSA) is 3.24 Å². The zero-order valence-corrected chi connectivity index (χ0v) is 7.96. The van der Waals surface area contributed by atoms with E-state index < -0.39 is 0 Å². The largest absolute Gasteiger partial charge is 0.366 e. The molecule has 1 rings (SSSR count). The van der Waals surface area contributed by atoms with Gasteiger partial charge in [0.25, 0.3) is 0 Å². The van der Waals surface area contributed by atoms with Crippen molar-refractivity contribution in [2.75, 3.05) is 7.05 Å². The number of thiocarbonyl (C=S) groups is 1. The van der Waals surface area contributed by atoms with E-state index in [9.17, 15) is 0 Å². The highest BCUT2D eigenvalue weighted by molar-refractivity contribution is 7.80. The zero-order chi connectivity index (χ0) is 7.94. The monoisotopic (exact) mass is 157 g/mol. The van der Waals surface area contributed by atoms with Crippen LogP contribution in [0.3, 0.4) is 0 Å². The van der Waals surface area contributed by atoms with Crippen molar-refractivity contribution in [2.45, 2.75) is 33.2 Å². The SMILES string of the molecule is CC1CC(C)(C)C(=S)N1C. The lowest BCUT2D eigenvalue weighted by atomic mass is 9.91. The normalized spacial score (nSPS) is 31.4. The van der Waals surface area contributed by atoms with Gasteiger partial charge in [-0.3, -0.25) is 0 Å². The fourth-order valence-electron chi connectivity index (χ4n) is 1.64. The molecule has 1 heterocycles. The maximum atomic E-state index is 5.28. The molecular formula is C8H15NS. The summed E-state index contributed by atoms with van der Waals surface area (Å²) in [5, 5.41) is 0. The standard InChI is InChI=1S/C8H15NS/c1-6-5-8(2,3)7(10)9(6)4/h6H,5H2,1-4H3. The molecular weight excluding hydrogens is 142 g/mol. The summed E-state index contributed by atoms with van der Waals surface area (Å²) in [5.41, 5.74) is 0.253. The van der Waals surface area contributed by atoms with E-state index in [1.807, 2.05) is 0 Å². The molecule has 0 N–H and O–H groups in total. The number of likely N-dealkylation sites (tertiary alicyclic amines) is 1. The van der Waals surface area contributed by atoms with Crippen molar-refractivity contribution in [1.82, 2.24) is 4.90 Å². The summed E-state index contributed by atoms with van der Waals surface area (Å²) in [6.07, 6.45) is 1.20. The Balaban J connectivity index is 2.82. The molecule has 1 unspecified atom stereocenters. The molecule has 10 heavy (non-hydrogen) atoms. The molecule has 0 aromatic rings. The zero-order valence-electron chi connectivity index (χ0n) is 7.14. The van der Waals surface area contributed by atoms with E-state index in [2.05, 4.69) is 32.7 Å². The fraction of sp³-hybridized carbons (Fsp3) is 0.875. The van der Waals surface area contributed by atoms with E-state index in [-0.39, 0.29) is 5.41 Å².